The van der Waals surface area contributed by atoms with Gasteiger partial charge in [-0.25, -0.2) is 9.97 Å². The summed E-state index contributed by atoms with van der Waals surface area (Å²) in [4.78, 5) is 9.85. The topological polar surface area (TPSA) is 49.8 Å². The van der Waals surface area contributed by atoms with Crippen LogP contribution in [0.25, 0.3) is 0 Å². The van der Waals surface area contributed by atoms with Crippen molar-refractivity contribution in [3.05, 3.63) is 34.8 Å². The van der Waals surface area contributed by atoms with Gasteiger partial charge in [0.2, 0.25) is 0 Å². The van der Waals surface area contributed by atoms with Crippen LogP contribution in [0.15, 0.2) is 29.9 Å². The Morgan fingerprint density at radius 3 is 2.89 bits per heavy atom. The molecule has 0 bridgehead atoms. The summed E-state index contributed by atoms with van der Waals surface area (Å²) in [5.41, 5.74) is 0. The Balaban J connectivity index is 1.90. The van der Waals surface area contributed by atoms with Gasteiger partial charge in [0.05, 0.1) is 0 Å². The summed E-state index contributed by atoms with van der Waals surface area (Å²) in [7, 11) is 0. The van der Waals surface area contributed by atoms with Crippen molar-refractivity contribution in [1.82, 2.24) is 9.97 Å². The molecule has 1 unspecified atom stereocenters. The molecule has 2 heterocycles. The maximum absolute atomic E-state index is 4.26. The molecule has 4 nitrogen and oxygen atoms in total. The average Bonchev–Trinajstić information content (AvgIpc) is 2.89. The van der Waals surface area contributed by atoms with Gasteiger partial charge in [0.25, 0.3) is 0 Å². The molecule has 0 aliphatic rings. The van der Waals surface area contributed by atoms with Crippen molar-refractivity contribution in [2.24, 2.45) is 0 Å². The number of hydrogen-bond acceptors (Lipinski definition) is 5. The molecule has 0 spiro atoms. The molecule has 0 amide bonds. The molecule has 0 saturated heterocycles. The lowest BCUT2D eigenvalue weighted by Crippen LogP contribution is -2.18. The molecule has 19 heavy (non-hydrogen) atoms. The van der Waals surface area contributed by atoms with Gasteiger partial charge in [0, 0.05) is 30.0 Å². The highest BCUT2D eigenvalue weighted by Crippen LogP contribution is 2.14. The van der Waals surface area contributed by atoms with Crippen LogP contribution in [-0.2, 0) is 6.42 Å². The predicted molar refractivity (Wildman–Crippen MR) is 81.9 cm³/mol. The van der Waals surface area contributed by atoms with E-state index in [-0.39, 0.29) is 0 Å². The van der Waals surface area contributed by atoms with Gasteiger partial charge in [0.15, 0.2) is 0 Å². The Kier molecular flexibility index (Phi) is 5.15. The van der Waals surface area contributed by atoms with Crippen LogP contribution < -0.4 is 10.6 Å². The lowest BCUT2D eigenvalue weighted by molar-refractivity contribution is 0.793. The third-order valence-corrected chi connectivity index (χ3v) is 3.60. The quantitative estimate of drug-likeness (QED) is 0.813. The first kappa shape index (κ1) is 13.8. The number of anilines is 2. The molecular formula is C14H20N4S. The van der Waals surface area contributed by atoms with Gasteiger partial charge < -0.3 is 10.6 Å². The average molecular weight is 276 g/mol. The van der Waals surface area contributed by atoms with Crippen LogP contribution in [0.2, 0.25) is 0 Å². The first-order valence-electron chi connectivity index (χ1n) is 6.62. The molecule has 0 aliphatic carbocycles. The van der Waals surface area contributed by atoms with Crippen molar-refractivity contribution in [2.45, 2.75) is 32.7 Å². The molecule has 2 aromatic rings. The Morgan fingerprint density at radius 1 is 1.32 bits per heavy atom. The zero-order chi connectivity index (χ0) is 13.5. The van der Waals surface area contributed by atoms with Crippen molar-refractivity contribution in [3.8, 4) is 0 Å². The summed E-state index contributed by atoms with van der Waals surface area (Å²) >= 11 is 1.79. The van der Waals surface area contributed by atoms with Gasteiger partial charge in [-0.2, -0.15) is 0 Å². The molecule has 0 aromatic carbocycles. The largest absolute Gasteiger partial charge is 0.370 e. The van der Waals surface area contributed by atoms with Crippen molar-refractivity contribution in [1.29, 1.82) is 0 Å². The second kappa shape index (κ2) is 7.09. The van der Waals surface area contributed by atoms with Crippen molar-refractivity contribution >= 4 is 23.0 Å². The van der Waals surface area contributed by atoms with Crippen LogP contribution in [0.5, 0.6) is 0 Å². The molecule has 102 valence electrons. The molecule has 0 aliphatic heterocycles. The van der Waals surface area contributed by atoms with E-state index in [4.69, 9.17) is 0 Å². The highest BCUT2D eigenvalue weighted by Gasteiger charge is 2.06. The zero-order valence-corrected chi connectivity index (χ0v) is 12.2. The summed E-state index contributed by atoms with van der Waals surface area (Å²) in [5.74, 6) is 1.75. The predicted octanol–water partition coefficient (Wildman–Crippen LogP) is 3.40. The lowest BCUT2D eigenvalue weighted by Gasteiger charge is -2.14. The number of aromatic nitrogens is 2. The Morgan fingerprint density at radius 2 is 2.16 bits per heavy atom. The standard InChI is InChI=1S/C14H20N4S/c1-3-6-15-13-9-14(17-10-16-13)18-11(2)8-12-5-4-7-19-12/h4-5,7,9-11H,3,6,8H2,1-2H3,(H2,15,16,17,18). The van der Waals surface area contributed by atoms with E-state index in [1.54, 1.807) is 17.7 Å². The second-order valence-corrected chi connectivity index (χ2v) is 5.58. The van der Waals surface area contributed by atoms with E-state index < -0.39 is 0 Å². The van der Waals surface area contributed by atoms with Crippen LogP contribution in [0.3, 0.4) is 0 Å². The van der Waals surface area contributed by atoms with E-state index >= 15 is 0 Å². The fourth-order valence-electron chi connectivity index (χ4n) is 1.82. The lowest BCUT2D eigenvalue weighted by atomic mass is 10.2. The molecule has 2 N–H and O–H groups in total. The molecule has 2 rings (SSSR count). The molecule has 0 saturated carbocycles. The number of hydrogen-bond donors (Lipinski definition) is 2. The first-order valence-corrected chi connectivity index (χ1v) is 7.50. The maximum Gasteiger partial charge on any atom is 0.131 e. The number of thiophene rings is 1. The first-order chi connectivity index (χ1) is 9.28. The Bertz CT molecular complexity index is 484. The fraction of sp³-hybridized carbons (Fsp3) is 0.429. The van der Waals surface area contributed by atoms with E-state index in [0.29, 0.717) is 6.04 Å². The number of rotatable bonds is 7. The second-order valence-electron chi connectivity index (χ2n) is 4.54. The fourth-order valence-corrected chi connectivity index (χ4v) is 2.66. The maximum atomic E-state index is 4.26. The summed E-state index contributed by atoms with van der Waals surface area (Å²) in [6.07, 6.45) is 3.69. The normalized spacial score (nSPS) is 12.1. The third kappa shape index (κ3) is 4.52. The van der Waals surface area contributed by atoms with Gasteiger partial charge in [-0.15, -0.1) is 11.3 Å². The molecule has 1 atom stereocenters. The van der Waals surface area contributed by atoms with E-state index in [1.807, 2.05) is 6.07 Å². The molecule has 2 aromatic heterocycles. The third-order valence-electron chi connectivity index (χ3n) is 2.70. The highest BCUT2D eigenvalue weighted by molar-refractivity contribution is 7.09. The summed E-state index contributed by atoms with van der Waals surface area (Å²) in [6, 6.07) is 6.56. The van der Waals surface area contributed by atoms with Crippen LogP contribution >= 0.6 is 11.3 Å². The van der Waals surface area contributed by atoms with Crippen molar-refractivity contribution in [2.75, 3.05) is 17.2 Å². The van der Waals surface area contributed by atoms with Crippen LogP contribution in [-0.4, -0.2) is 22.6 Å². The Labute approximate surface area is 118 Å². The van der Waals surface area contributed by atoms with Gasteiger partial charge in [-0.3, -0.25) is 0 Å². The smallest absolute Gasteiger partial charge is 0.131 e. The minimum absolute atomic E-state index is 0.354. The van der Waals surface area contributed by atoms with E-state index in [9.17, 15) is 0 Å². The minimum Gasteiger partial charge on any atom is -0.370 e. The number of nitrogens with zero attached hydrogens (tertiary/aromatic N) is 2. The van der Waals surface area contributed by atoms with Gasteiger partial charge in [0.1, 0.15) is 18.0 Å². The highest BCUT2D eigenvalue weighted by atomic mass is 32.1. The van der Waals surface area contributed by atoms with Crippen molar-refractivity contribution < 1.29 is 0 Å². The SMILES string of the molecule is CCCNc1cc(NC(C)Cc2cccs2)ncn1. The zero-order valence-electron chi connectivity index (χ0n) is 11.4. The van der Waals surface area contributed by atoms with Crippen molar-refractivity contribution in [3.63, 3.8) is 0 Å². The van der Waals surface area contributed by atoms with Gasteiger partial charge in [-0.1, -0.05) is 13.0 Å². The summed E-state index contributed by atoms with van der Waals surface area (Å²) in [5, 5.41) is 8.79. The van der Waals surface area contributed by atoms with E-state index in [2.05, 4.69) is 52.0 Å². The van der Waals surface area contributed by atoms with Gasteiger partial charge in [-0.05, 0) is 24.8 Å². The molecular weight excluding hydrogens is 256 g/mol. The number of nitrogens with one attached hydrogen (secondary N) is 2. The molecule has 5 heteroatoms. The minimum atomic E-state index is 0.354. The summed E-state index contributed by atoms with van der Waals surface area (Å²) in [6.45, 7) is 5.23. The van der Waals surface area contributed by atoms with E-state index in [0.717, 1.165) is 31.0 Å². The van der Waals surface area contributed by atoms with Crippen LogP contribution in [0, 0.1) is 0 Å². The van der Waals surface area contributed by atoms with E-state index in [1.165, 1.54) is 4.88 Å². The monoisotopic (exact) mass is 276 g/mol. The Hall–Kier alpha value is -1.62. The van der Waals surface area contributed by atoms with Gasteiger partial charge >= 0.3 is 0 Å². The van der Waals surface area contributed by atoms with Crippen LogP contribution in [0.1, 0.15) is 25.1 Å². The molecule has 0 radical (unpaired) electrons. The summed E-state index contributed by atoms with van der Waals surface area (Å²) < 4.78 is 0. The molecule has 0 fully saturated rings. The van der Waals surface area contributed by atoms with Crippen LogP contribution in [0.4, 0.5) is 11.6 Å².